The fraction of sp³-hybridized carbons (Fsp3) is 0.750. The van der Waals surface area contributed by atoms with Gasteiger partial charge in [0, 0.05) is 32.3 Å². The van der Waals surface area contributed by atoms with E-state index in [4.69, 9.17) is 6.42 Å². The zero-order valence-electron chi connectivity index (χ0n) is 17.8. The maximum Gasteiger partial charge on any atom is 0.246 e. The van der Waals surface area contributed by atoms with Gasteiger partial charge in [-0.15, -0.1) is 6.42 Å². The Balaban J connectivity index is 1.34. The third-order valence-corrected chi connectivity index (χ3v) is 7.87. The number of allylic oxidation sites excluding steroid dienone is 1. The lowest BCUT2D eigenvalue weighted by molar-refractivity contribution is -0.126. The van der Waals surface area contributed by atoms with Gasteiger partial charge in [-0.1, -0.05) is 11.5 Å². The number of hydrogen-bond acceptors (Lipinski definition) is 3. The lowest BCUT2D eigenvalue weighted by atomic mass is 9.48. The number of hydrogen-bond donors (Lipinski definition) is 1. The van der Waals surface area contributed by atoms with Crippen molar-refractivity contribution in [1.82, 2.24) is 15.1 Å². The summed E-state index contributed by atoms with van der Waals surface area (Å²) >= 11 is 0. The van der Waals surface area contributed by atoms with Gasteiger partial charge in [-0.2, -0.15) is 0 Å². The van der Waals surface area contributed by atoms with Crippen LogP contribution in [-0.2, 0) is 9.59 Å². The van der Waals surface area contributed by atoms with Gasteiger partial charge in [0.05, 0.1) is 13.1 Å². The Labute approximate surface area is 175 Å². The average Bonchev–Trinajstić information content (AvgIpc) is 2.91. The molecule has 0 atom stereocenters. The average molecular weight is 398 g/mol. The zero-order valence-corrected chi connectivity index (χ0v) is 17.8. The molecular weight excluding hydrogens is 362 g/mol. The summed E-state index contributed by atoms with van der Waals surface area (Å²) in [5.41, 5.74) is 1.63. The Hall–Kier alpha value is -1.80. The minimum absolute atomic E-state index is 0.0414. The minimum Gasteiger partial charge on any atom is -0.344 e. The van der Waals surface area contributed by atoms with Crippen molar-refractivity contribution in [3.05, 3.63) is 11.6 Å². The molecule has 0 radical (unpaired) electrons. The molecule has 4 aliphatic carbocycles. The van der Waals surface area contributed by atoms with Crippen LogP contribution in [0, 0.1) is 35.5 Å². The highest BCUT2D eigenvalue weighted by Crippen LogP contribution is 2.62. The zero-order chi connectivity index (χ0) is 20.4. The largest absolute Gasteiger partial charge is 0.344 e. The van der Waals surface area contributed by atoms with Crippen LogP contribution in [0.25, 0.3) is 0 Å². The van der Waals surface area contributed by atoms with Gasteiger partial charge in [-0.25, -0.2) is 0 Å². The molecule has 5 rings (SSSR count). The van der Waals surface area contributed by atoms with Crippen LogP contribution in [0.4, 0.5) is 0 Å². The van der Waals surface area contributed by atoms with Gasteiger partial charge < -0.3 is 10.2 Å². The van der Waals surface area contributed by atoms with Crippen LogP contribution in [0.1, 0.15) is 51.9 Å². The van der Waals surface area contributed by atoms with Crippen molar-refractivity contribution in [2.75, 3.05) is 39.3 Å². The molecule has 0 aromatic rings. The molecular formula is C24H35N3O2. The summed E-state index contributed by atoms with van der Waals surface area (Å²) in [5, 5.41) is 2.72. The van der Waals surface area contributed by atoms with Crippen LogP contribution in [0.5, 0.6) is 0 Å². The summed E-state index contributed by atoms with van der Waals surface area (Å²) in [6.45, 7) is 5.87. The van der Waals surface area contributed by atoms with E-state index in [1.807, 2.05) is 11.0 Å². The van der Waals surface area contributed by atoms with E-state index in [0.717, 1.165) is 43.8 Å². The smallest absolute Gasteiger partial charge is 0.246 e. The van der Waals surface area contributed by atoms with E-state index >= 15 is 0 Å². The van der Waals surface area contributed by atoms with Crippen LogP contribution < -0.4 is 5.32 Å². The van der Waals surface area contributed by atoms with Crippen LogP contribution in [0.2, 0.25) is 0 Å². The molecule has 1 saturated heterocycles. The summed E-state index contributed by atoms with van der Waals surface area (Å²) in [6.07, 6.45) is 16.2. The molecule has 2 amide bonds. The molecule has 158 valence electrons. The number of nitrogens with one attached hydrogen (secondary N) is 1. The van der Waals surface area contributed by atoms with Gasteiger partial charge in [-0.3, -0.25) is 14.5 Å². The predicted octanol–water partition coefficient (Wildman–Crippen LogP) is 2.43. The second-order valence-electron chi connectivity index (χ2n) is 9.96. The van der Waals surface area contributed by atoms with Gasteiger partial charge in [0.2, 0.25) is 11.8 Å². The van der Waals surface area contributed by atoms with E-state index in [1.54, 1.807) is 0 Å². The minimum atomic E-state index is -0.0414. The normalized spacial score (nSPS) is 34.6. The van der Waals surface area contributed by atoms with Gasteiger partial charge in [0.25, 0.3) is 0 Å². The van der Waals surface area contributed by atoms with Crippen molar-refractivity contribution < 1.29 is 9.59 Å². The van der Waals surface area contributed by atoms with E-state index in [0.29, 0.717) is 18.5 Å². The van der Waals surface area contributed by atoms with Crippen LogP contribution in [0.15, 0.2) is 11.6 Å². The molecule has 29 heavy (non-hydrogen) atoms. The SMILES string of the molecule is C#CCNC(=O)CN1CCCN(C(=O)/C=C(/C)C23CC4CC(CC(C4)C2)C3)CC1. The lowest BCUT2D eigenvalue weighted by Crippen LogP contribution is -2.47. The highest BCUT2D eigenvalue weighted by Gasteiger charge is 2.51. The third-order valence-electron chi connectivity index (χ3n) is 7.87. The van der Waals surface area contributed by atoms with Gasteiger partial charge in [-0.05, 0) is 75.0 Å². The maximum absolute atomic E-state index is 13.1. The first-order valence-corrected chi connectivity index (χ1v) is 11.4. The molecule has 1 N–H and O–H groups in total. The maximum atomic E-state index is 13.1. The Morgan fingerprint density at radius 1 is 1.07 bits per heavy atom. The molecule has 4 saturated carbocycles. The summed E-state index contributed by atoms with van der Waals surface area (Å²) in [5.74, 6) is 5.23. The number of amides is 2. The highest BCUT2D eigenvalue weighted by atomic mass is 16.2. The van der Waals surface area contributed by atoms with Crippen molar-refractivity contribution >= 4 is 11.8 Å². The van der Waals surface area contributed by atoms with Crippen LogP contribution >= 0.6 is 0 Å². The van der Waals surface area contributed by atoms with Crippen molar-refractivity contribution in [2.24, 2.45) is 23.2 Å². The van der Waals surface area contributed by atoms with E-state index in [-0.39, 0.29) is 18.4 Å². The van der Waals surface area contributed by atoms with Crippen molar-refractivity contribution in [1.29, 1.82) is 0 Å². The molecule has 4 bridgehead atoms. The fourth-order valence-electron chi connectivity index (χ4n) is 6.78. The molecule has 5 nitrogen and oxygen atoms in total. The second kappa shape index (κ2) is 8.52. The van der Waals surface area contributed by atoms with E-state index in [1.165, 1.54) is 44.1 Å². The molecule has 5 fully saturated rings. The Bertz CT molecular complexity index is 685. The number of carbonyl (C=O) groups is 2. The third kappa shape index (κ3) is 4.53. The van der Waals surface area contributed by atoms with E-state index in [9.17, 15) is 9.59 Å². The summed E-state index contributed by atoms with van der Waals surface area (Å²) in [4.78, 5) is 29.1. The van der Waals surface area contributed by atoms with E-state index < -0.39 is 0 Å². The Morgan fingerprint density at radius 3 is 2.34 bits per heavy atom. The molecule has 5 aliphatic rings. The summed E-state index contributed by atoms with van der Waals surface area (Å²) in [6, 6.07) is 0. The van der Waals surface area contributed by atoms with Crippen molar-refractivity contribution in [2.45, 2.75) is 51.9 Å². The fourth-order valence-corrected chi connectivity index (χ4v) is 6.78. The quantitative estimate of drug-likeness (QED) is 0.573. The van der Waals surface area contributed by atoms with E-state index in [2.05, 4.69) is 23.1 Å². The first kappa shape index (κ1) is 20.5. The number of rotatable bonds is 5. The standard InChI is InChI=1S/C24H35N3O2/c1-3-5-25-22(28)17-26-6-4-7-27(9-8-26)23(29)10-18(2)24-14-19-11-20(15-24)13-21(12-19)16-24/h1,10,19-21H,4-9,11-17H2,2H3,(H,25,28)/b18-10-. The first-order chi connectivity index (χ1) is 14.0. The second-order valence-corrected chi connectivity index (χ2v) is 9.96. The van der Waals surface area contributed by atoms with Crippen LogP contribution in [-0.4, -0.2) is 60.9 Å². The van der Waals surface area contributed by atoms with Crippen molar-refractivity contribution in [3.63, 3.8) is 0 Å². The molecule has 0 aromatic carbocycles. The van der Waals surface area contributed by atoms with Crippen LogP contribution in [0.3, 0.4) is 0 Å². The Morgan fingerprint density at radius 2 is 1.72 bits per heavy atom. The summed E-state index contributed by atoms with van der Waals surface area (Å²) < 4.78 is 0. The molecule has 0 spiro atoms. The number of nitrogens with zero attached hydrogens (tertiary/aromatic N) is 2. The molecule has 1 aliphatic heterocycles. The number of terminal acetylenes is 1. The van der Waals surface area contributed by atoms with Crippen molar-refractivity contribution in [3.8, 4) is 12.3 Å². The summed E-state index contributed by atoms with van der Waals surface area (Å²) in [7, 11) is 0. The van der Waals surface area contributed by atoms with Gasteiger partial charge >= 0.3 is 0 Å². The number of carbonyl (C=O) groups excluding carboxylic acids is 2. The lowest BCUT2D eigenvalue weighted by Gasteiger charge is -2.57. The van der Waals surface area contributed by atoms with Gasteiger partial charge in [0.1, 0.15) is 0 Å². The first-order valence-electron chi connectivity index (χ1n) is 11.4. The molecule has 5 heteroatoms. The molecule has 1 heterocycles. The van der Waals surface area contributed by atoms with Gasteiger partial charge in [0.15, 0.2) is 0 Å². The monoisotopic (exact) mass is 397 g/mol. The molecule has 0 unspecified atom stereocenters. The predicted molar refractivity (Wildman–Crippen MR) is 114 cm³/mol. The highest BCUT2D eigenvalue weighted by molar-refractivity contribution is 5.88. The molecule has 0 aromatic heterocycles. The Kier molecular flexibility index (Phi) is 6.01. The topological polar surface area (TPSA) is 52.7 Å².